The van der Waals surface area contributed by atoms with Gasteiger partial charge in [-0.25, -0.2) is 9.97 Å². The van der Waals surface area contributed by atoms with Crippen molar-refractivity contribution in [2.24, 2.45) is 0 Å². The molecular weight excluding hydrogens is 705 g/mol. The summed E-state index contributed by atoms with van der Waals surface area (Å²) in [6.07, 6.45) is 3.68. The number of para-hydroxylation sites is 2. The quantitative estimate of drug-likeness (QED) is 0.170. The van der Waals surface area contributed by atoms with E-state index in [1.807, 2.05) is 30.6 Å². The summed E-state index contributed by atoms with van der Waals surface area (Å²) in [4.78, 5) is 15.0. The number of rotatable bonds is 6. The average Bonchev–Trinajstić information content (AvgIpc) is 3.75. The number of hydrogen-bond donors (Lipinski definition) is 0. The molecule has 10 aromatic rings. The van der Waals surface area contributed by atoms with E-state index in [2.05, 4.69) is 187 Å². The van der Waals surface area contributed by atoms with Gasteiger partial charge in [0.15, 0.2) is 5.82 Å². The maximum Gasteiger partial charge on any atom is 0.160 e. The van der Waals surface area contributed by atoms with Crippen LogP contribution < -0.4 is 0 Å². The van der Waals surface area contributed by atoms with Crippen molar-refractivity contribution >= 4 is 21.8 Å². The second-order valence-electron chi connectivity index (χ2n) is 15.7. The van der Waals surface area contributed by atoms with E-state index in [0.29, 0.717) is 5.82 Å². The molecule has 0 aliphatic heterocycles. The monoisotopic (exact) mass is 742 g/mol. The third-order valence-electron chi connectivity index (χ3n) is 11.9. The first kappa shape index (κ1) is 33.9. The summed E-state index contributed by atoms with van der Waals surface area (Å²) in [5.74, 6) is 0.677. The number of aromatic nitrogens is 4. The minimum atomic E-state index is -0.126. The molecule has 3 heterocycles. The zero-order valence-corrected chi connectivity index (χ0v) is 32.3. The Labute approximate surface area is 337 Å². The fourth-order valence-electron chi connectivity index (χ4n) is 8.98. The molecule has 274 valence electrons. The molecule has 0 atom stereocenters. The molecule has 0 saturated carbocycles. The Morgan fingerprint density at radius 3 is 1.67 bits per heavy atom. The Morgan fingerprint density at radius 2 is 0.948 bits per heavy atom. The molecule has 0 bridgehead atoms. The summed E-state index contributed by atoms with van der Waals surface area (Å²) < 4.78 is 2.38. The highest BCUT2D eigenvalue weighted by Gasteiger charge is 2.35. The molecule has 0 unspecified atom stereocenters. The van der Waals surface area contributed by atoms with Gasteiger partial charge < -0.3 is 4.57 Å². The molecule has 0 amide bonds. The van der Waals surface area contributed by atoms with E-state index in [4.69, 9.17) is 9.97 Å². The van der Waals surface area contributed by atoms with Gasteiger partial charge in [-0.3, -0.25) is 4.98 Å². The second kappa shape index (κ2) is 13.4. The van der Waals surface area contributed by atoms with Crippen molar-refractivity contribution in [3.63, 3.8) is 0 Å². The van der Waals surface area contributed by atoms with Crippen LogP contribution in [0.5, 0.6) is 0 Å². The number of hydrogen-bond acceptors (Lipinski definition) is 3. The summed E-state index contributed by atoms with van der Waals surface area (Å²) in [5, 5.41) is 2.44. The minimum absolute atomic E-state index is 0.126. The molecule has 11 rings (SSSR count). The van der Waals surface area contributed by atoms with Gasteiger partial charge in [0.25, 0.3) is 0 Å². The van der Waals surface area contributed by atoms with Crippen LogP contribution in [0.2, 0.25) is 0 Å². The summed E-state index contributed by atoms with van der Waals surface area (Å²) >= 11 is 0. The molecule has 7 aromatic carbocycles. The Bertz CT molecular complexity index is 3130. The van der Waals surface area contributed by atoms with Crippen LogP contribution in [0, 0.1) is 0 Å². The van der Waals surface area contributed by atoms with Crippen molar-refractivity contribution in [3.05, 3.63) is 206 Å². The largest absolute Gasteiger partial charge is 0.309 e. The van der Waals surface area contributed by atoms with Crippen molar-refractivity contribution < 1.29 is 0 Å². The topological polar surface area (TPSA) is 43.6 Å². The smallest absolute Gasteiger partial charge is 0.160 e. The third kappa shape index (κ3) is 5.56. The molecule has 1 aliphatic carbocycles. The molecule has 0 radical (unpaired) electrons. The van der Waals surface area contributed by atoms with Gasteiger partial charge in [0, 0.05) is 51.0 Å². The lowest BCUT2D eigenvalue weighted by atomic mass is 9.82. The predicted octanol–water partition coefficient (Wildman–Crippen LogP) is 13.6. The van der Waals surface area contributed by atoms with Gasteiger partial charge in [0.2, 0.25) is 0 Å². The summed E-state index contributed by atoms with van der Waals surface area (Å²) in [6, 6.07) is 65.3. The first-order valence-corrected chi connectivity index (χ1v) is 19.8. The molecule has 0 fully saturated rings. The minimum Gasteiger partial charge on any atom is -0.309 e. The van der Waals surface area contributed by atoms with Gasteiger partial charge in [0.1, 0.15) is 0 Å². The molecule has 3 aromatic heterocycles. The zero-order chi connectivity index (χ0) is 38.8. The lowest BCUT2D eigenvalue weighted by Crippen LogP contribution is -2.14. The molecule has 58 heavy (non-hydrogen) atoms. The highest BCUT2D eigenvalue weighted by atomic mass is 15.0. The third-order valence-corrected chi connectivity index (χ3v) is 11.9. The number of benzene rings is 7. The maximum absolute atomic E-state index is 5.43. The summed E-state index contributed by atoms with van der Waals surface area (Å²) in [6.45, 7) is 4.65. The SMILES string of the molecule is CC1(C)c2ccccc2-c2ccc(-c3cc(-c4ccccc4)nc(-c4cc(-c5ccc(-c6ccncc6)cc5)cc(-n5c6ccccc6c6ccccc65)c4)n3)cc21. The van der Waals surface area contributed by atoms with Crippen molar-refractivity contribution in [2.75, 3.05) is 0 Å². The van der Waals surface area contributed by atoms with Crippen LogP contribution in [0.25, 0.3) is 94.8 Å². The first-order valence-electron chi connectivity index (χ1n) is 19.8. The first-order chi connectivity index (χ1) is 28.5. The average molecular weight is 743 g/mol. The lowest BCUT2D eigenvalue weighted by molar-refractivity contribution is 0.660. The van der Waals surface area contributed by atoms with E-state index in [-0.39, 0.29) is 5.41 Å². The van der Waals surface area contributed by atoms with Gasteiger partial charge in [-0.15, -0.1) is 0 Å². The van der Waals surface area contributed by atoms with E-state index < -0.39 is 0 Å². The summed E-state index contributed by atoms with van der Waals surface area (Å²) in [5.41, 5.74) is 17.8. The molecule has 1 aliphatic rings. The van der Waals surface area contributed by atoms with E-state index in [1.54, 1.807) is 0 Å². The Hall–Kier alpha value is -7.43. The standard InChI is InChI=1S/C54H38N4/c1-54(2)47-17-9-6-14-43(47)44-25-24-39(33-48(44)54)50-34-49(38-12-4-3-5-13-38)56-53(57-50)41-30-40(36-22-20-35(21-23-36)37-26-28-55-29-27-37)31-42(32-41)58-51-18-10-7-15-45(51)46-16-8-11-19-52(46)58/h3-34H,1-2H3. The van der Waals surface area contributed by atoms with Crippen molar-refractivity contribution in [3.8, 4) is 73.0 Å². The van der Waals surface area contributed by atoms with Crippen LogP contribution in [0.15, 0.2) is 194 Å². The fraction of sp³-hybridized carbons (Fsp3) is 0.0556. The maximum atomic E-state index is 5.43. The van der Waals surface area contributed by atoms with Crippen LogP contribution in [0.4, 0.5) is 0 Å². The summed E-state index contributed by atoms with van der Waals surface area (Å²) in [7, 11) is 0. The van der Waals surface area contributed by atoms with Crippen molar-refractivity contribution in [1.82, 2.24) is 19.5 Å². The molecule has 4 nitrogen and oxygen atoms in total. The predicted molar refractivity (Wildman–Crippen MR) is 239 cm³/mol. The molecule has 0 saturated heterocycles. The van der Waals surface area contributed by atoms with Crippen LogP contribution in [-0.4, -0.2) is 19.5 Å². The highest BCUT2D eigenvalue weighted by Crippen LogP contribution is 2.49. The van der Waals surface area contributed by atoms with Gasteiger partial charge >= 0.3 is 0 Å². The number of fused-ring (bicyclic) bond motifs is 6. The van der Waals surface area contributed by atoms with Gasteiger partial charge in [-0.1, -0.05) is 141 Å². The van der Waals surface area contributed by atoms with E-state index in [1.165, 1.54) is 33.0 Å². The Morgan fingerprint density at radius 1 is 0.397 bits per heavy atom. The number of nitrogens with zero attached hydrogens (tertiary/aromatic N) is 4. The Kier molecular flexibility index (Phi) is 7.80. The normalized spacial score (nSPS) is 12.8. The lowest BCUT2D eigenvalue weighted by Gasteiger charge is -2.22. The second-order valence-corrected chi connectivity index (χ2v) is 15.7. The van der Waals surface area contributed by atoms with Gasteiger partial charge in [-0.2, -0.15) is 0 Å². The molecule has 4 heteroatoms. The molecular formula is C54H38N4. The van der Waals surface area contributed by atoms with E-state index in [0.717, 1.165) is 67.1 Å². The molecule has 0 N–H and O–H groups in total. The number of pyridine rings is 1. The van der Waals surface area contributed by atoms with Crippen LogP contribution in [0.3, 0.4) is 0 Å². The van der Waals surface area contributed by atoms with E-state index in [9.17, 15) is 0 Å². The Balaban J connectivity index is 1.13. The molecule has 0 spiro atoms. The zero-order valence-electron chi connectivity index (χ0n) is 32.3. The van der Waals surface area contributed by atoms with Crippen molar-refractivity contribution in [1.29, 1.82) is 0 Å². The fourth-order valence-corrected chi connectivity index (χ4v) is 8.98. The highest BCUT2D eigenvalue weighted by molar-refractivity contribution is 6.09. The van der Waals surface area contributed by atoms with Crippen LogP contribution in [0.1, 0.15) is 25.0 Å². The van der Waals surface area contributed by atoms with Crippen LogP contribution in [-0.2, 0) is 5.41 Å². The van der Waals surface area contributed by atoms with Crippen LogP contribution >= 0.6 is 0 Å². The van der Waals surface area contributed by atoms with E-state index >= 15 is 0 Å². The van der Waals surface area contributed by atoms with Gasteiger partial charge in [-0.05, 0) is 99.1 Å². The van der Waals surface area contributed by atoms with Gasteiger partial charge in [0.05, 0.1) is 22.4 Å². The van der Waals surface area contributed by atoms with Crippen molar-refractivity contribution in [2.45, 2.75) is 19.3 Å².